The van der Waals surface area contributed by atoms with Gasteiger partial charge in [-0.1, -0.05) is 0 Å². The summed E-state index contributed by atoms with van der Waals surface area (Å²) in [5.74, 6) is -2.85. The number of aryl methyl sites for hydroxylation is 1. The highest BCUT2D eigenvalue weighted by Crippen LogP contribution is 2.32. The van der Waals surface area contributed by atoms with Gasteiger partial charge in [-0.3, -0.25) is 14.4 Å². The summed E-state index contributed by atoms with van der Waals surface area (Å²) in [6, 6.07) is -1.24. The molecule has 126 valence electrons. The Hall–Kier alpha value is -2.42. The standard InChI is InChI=1S/C14H19N3O5S/c1-6-7(2)23-13(16-8(3)18)11(6)12(20)17-9(14(21)22)4-5-10(15)19/h9H,4-5H2,1-3H3,(H2,15,19)(H,16,18)(H,17,20)(H,21,22). The molecule has 0 aliphatic carbocycles. The quantitative estimate of drug-likeness (QED) is 0.580. The smallest absolute Gasteiger partial charge is 0.326 e. The number of primary amides is 1. The van der Waals surface area contributed by atoms with E-state index in [4.69, 9.17) is 10.8 Å². The van der Waals surface area contributed by atoms with Crippen molar-refractivity contribution in [3.8, 4) is 0 Å². The Balaban J connectivity index is 3.01. The van der Waals surface area contributed by atoms with Gasteiger partial charge in [0.2, 0.25) is 11.8 Å². The summed E-state index contributed by atoms with van der Waals surface area (Å²) in [6.07, 6.45) is -0.258. The van der Waals surface area contributed by atoms with Crippen LogP contribution in [0.5, 0.6) is 0 Å². The fourth-order valence-electron chi connectivity index (χ4n) is 1.92. The van der Waals surface area contributed by atoms with Gasteiger partial charge in [-0.05, 0) is 25.8 Å². The Labute approximate surface area is 137 Å². The second kappa shape index (κ2) is 7.73. The topological polar surface area (TPSA) is 139 Å². The first-order valence-corrected chi connectivity index (χ1v) is 7.64. The third-order valence-corrected chi connectivity index (χ3v) is 4.31. The van der Waals surface area contributed by atoms with Crippen molar-refractivity contribution in [3.05, 3.63) is 16.0 Å². The molecule has 1 rings (SSSR count). The summed E-state index contributed by atoms with van der Waals surface area (Å²) < 4.78 is 0. The van der Waals surface area contributed by atoms with Crippen molar-refractivity contribution in [2.24, 2.45) is 5.73 Å². The number of hydrogen-bond donors (Lipinski definition) is 4. The van der Waals surface area contributed by atoms with E-state index in [1.807, 2.05) is 0 Å². The summed E-state index contributed by atoms with van der Waals surface area (Å²) >= 11 is 1.24. The maximum atomic E-state index is 12.4. The number of aliphatic carboxylic acids is 1. The van der Waals surface area contributed by atoms with Crippen molar-refractivity contribution in [1.29, 1.82) is 0 Å². The number of carboxylic acids is 1. The number of thiophene rings is 1. The summed E-state index contributed by atoms with van der Waals surface area (Å²) in [5, 5.41) is 14.4. The summed E-state index contributed by atoms with van der Waals surface area (Å²) in [7, 11) is 0. The number of hydrogen-bond acceptors (Lipinski definition) is 5. The first kappa shape index (κ1) is 18.6. The third-order valence-electron chi connectivity index (χ3n) is 3.18. The van der Waals surface area contributed by atoms with E-state index in [0.717, 1.165) is 4.88 Å². The molecule has 1 aromatic heterocycles. The molecule has 8 nitrogen and oxygen atoms in total. The van der Waals surface area contributed by atoms with Gasteiger partial charge in [-0.25, -0.2) is 4.79 Å². The molecule has 1 atom stereocenters. The lowest BCUT2D eigenvalue weighted by Gasteiger charge is -2.14. The Bertz CT molecular complexity index is 653. The zero-order chi connectivity index (χ0) is 17.7. The van der Waals surface area contributed by atoms with E-state index in [-0.39, 0.29) is 24.3 Å². The lowest BCUT2D eigenvalue weighted by Crippen LogP contribution is -2.41. The minimum atomic E-state index is -1.26. The number of nitrogens with one attached hydrogen (secondary N) is 2. The van der Waals surface area contributed by atoms with E-state index in [2.05, 4.69) is 10.6 Å². The molecule has 0 spiro atoms. The van der Waals surface area contributed by atoms with Crippen molar-refractivity contribution < 1.29 is 24.3 Å². The molecule has 0 radical (unpaired) electrons. The molecule has 0 saturated heterocycles. The fourth-order valence-corrected chi connectivity index (χ4v) is 3.03. The number of carbonyl (C=O) groups excluding carboxylic acids is 3. The molecule has 0 bridgehead atoms. The highest BCUT2D eigenvalue weighted by molar-refractivity contribution is 7.16. The monoisotopic (exact) mass is 341 g/mol. The largest absolute Gasteiger partial charge is 0.480 e. The van der Waals surface area contributed by atoms with Gasteiger partial charge in [-0.15, -0.1) is 11.3 Å². The molecule has 0 fully saturated rings. The first-order valence-electron chi connectivity index (χ1n) is 6.83. The molecule has 1 aromatic rings. The average molecular weight is 341 g/mol. The van der Waals surface area contributed by atoms with Gasteiger partial charge in [0, 0.05) is 18.2 Å². The summed E-state index contributed by atoms with van der Waals surface area (Å²) in [4.78, 5) is 46.5. The fraction of sp³-hybridized carbons (Fsp3) is 0.429. The number of anilines is 1. The molecule has 23 heavy (non-hydrogen) atoms. The van der Waals surface area contributed by atoms with Gasteiger partial charge in [0.25, 0.3) is 5.91 Å². The molecule has 3 amide bonds. The number of carboxylic acid groups (broad SMARTS) is 1. The first-order chi connectivity index (χ1) is 10.6. The maximum Gasteiger partial charge on any atom is 0.326 e. The minimum absolute atomic E-state index is 0.103. The predicted molar refractivity (Wildman–Crippen MR) is 85.4 cm³/mol. The van der Waals surface area contributed by atoms with E-state index in [9.17, 15) is 19.2 Å². The van der Waals surface area contributed by atoms with Crippen LogP contribution < -0.4 is 16.4 Å². The zero-order valence-corrected chi connectivity index (χ0v) is 13.9. The van der Waals surface area contributed by atoms with Crippen molar-refractivity contribution in [1.82, 2.24) is 5.32 Å². The predicted octanol–water partition coefficient (Wildman–Crippen LogP) is 0.772. The van der Waals surface area contributed by atoms with Crippen LogP contribution in [0.2, 0.25) is 0 Å². The number of amides is 3. The van der Waals surface area contributed by atoms with Crippen LogP contribution in [0, 0.1) is 13.8 Å². The Morgan fingerprint density at radius 1 is 1.26 bits per heavy atom. The van der Waals surface area contributed by atoms with E-state index in [1.165, 1.54) is 18.3 Å². The SMILES string of the molecule is CC(=O)Nc1sc(C)c(C)c1C(=O)NC(CCC(N)=O)C(=O)O. The zero-order valence-electron chi connectivity index (χ0n) is 13.1. The van der Waals surface area contributed by atoms with E-state index in [0.29, 0.717) is 10.6 Å². The van der Waals surface area contributed by atoms with E-state index < -0.39 is 23.8 Å². The summed E-state index contributed by atoms with van der Waals surface area (Å²) in [5.41, 5.74) is 5.89. The molecule has 0 aliphatic rings. The molecule has 1 heterocycles. The number of rotatable bonds is 7. The molecule has 1 unspecified atom stereocenters. The van der Waals surface area contributed by atoms with Crippen molar-refractivity contribution in [2.45, 2.75) is 39.7 Å². The van der Waals surface area contributed by atoms with Crippen molar-refractivity contribution >= 4 is 40.0 Å². The van der Waals surface area contributed by atoms with Gasteiger partial charge >= 0.3 is 5.97 Å². The third kappa shape index (κ3) is 5.06. The van der Waals surface area contributed by atoms with Crippen molar-refractivity contribution in [2.75, 3.05) is 5.32 Å². The van der Waals surface area contributed by atoms with Crippen LogP contribution in [0.25, 0.3) is 0 Å². The Kier molecular flexibility index (Phi) is 6.26. The van der Waals surface area contributed by atoms with E-state index >= 15 is 0 Å². The van der Waals surface area contributed by atoms with Gasteiger partial charge < -0.3 is 21.5 Å². The van der Waals surface area contributed by atoms with Gasteiger partial charge in [0.1, 0.15) is 11.0 Å². The molecule has 0 aliphatic heterocycles. The molecule has 0 saturated carbocycles. The van der Waals surface area contributed by atoms with Crippen LogP contribution in [0.3, 0.4) is 0 Å². The molecular formula is C14H19N3O5S. The van der Waals surface area contributed by atoms with Crippen molar-refractivity contribution in [3.63, 3.8) is 0 Å². The minimum Gasteiger partial charge on any atom is -0.480 e. The molecule has 5 N–H and O–H groups in total. The van der Waals surface area contributed by atoms with E-state index in [1.54, 1.807) is 13.8 Å². The van der Waals surface area contributed by atoms with Crippen LogP contribution in [-0.2, 0) is 14.4 Å². The van der Waals surface area contributed by atoms with Gasteiger partial charge in [0.15, 0.2) is 0 Å². The van der Waals surface area contributed by atoms with Crippen LogP contribution in [0.4, 0.5) is 5.00 Å². The Morgan fingerprint density at radius 3 is 2.35 bits per heavy atom. The average Bonchev–Trinajstić information content (AvgIpc) is 2.68. The second-order valence-corrected chi connectivity index (χ2v) is 6.26. The van der Waals surface area contributed by atoms with Crippen LogP contribution in [-0.4, -0.2) is 34.8 Å². The summed E-state index contributed by atoms with van der Waals surface area (Å²) in [6.45, 7) is 4.83. The highest BCUT2D eigenvalue weighted by atomic mass is 32.1. The van der Waals surface area contributed by atoms with Gasteiger partial charge in [-0.2, -0.15) is 0 Å². The number of carbonyl (C=O) groups is 4. The second-order valence-electron chi connectivity index (χ2n) is 5.04. The van der Waals surface area contributed by atoms with Gasteiger partial charge in [0.05, 0.1) is 5.56 Å². The lowest BCUT2D eigenvalue weighted by atomic mass is 10.1. The highest BCUT2D eigenvalue weighted by Gasteiger charge is 2.25. The molecule has 9 heteroatoms. The Morgan fingerprint density at radius 2 is 1.87 bits per heavy atom. The van der Waals surface area contributed by atoms with Crippen LogP contribution >= 0.6 is 11.3 Å². The molecular weight excluding hydrogens is 322 g/mol. The lowest BCUT2D eigenvalue weighted by molar-refractivity contribution is -0.139. The normalized spacial score (nSPS) is 11.6. The van der Waals surface area contributed by atoms with Crippen LogP contribution in [0.15, 0.2) is 0 Å². The number of nitrogens with two attached hydrogens (primary N) is 1. The van der Waals surface area contributed by atoms with Crippen LogP contribution in [0.1, 0.15) is 40.6 Å². The molecule has 0 aromatic carbocycles. The maximum absolute atomic E-state index is 12.4.